The summed E-state index contributed by atoms with van der Waals surface area (Å²) in [5.41, 5.74) is -0.0397. The number of amides is 2. The van der Waals surface area contributed by atoms with Gasteiger partial charge in [-0.25, -0.2) is 0 Å². The van der Waals surface area contributed by atoms with Crippen LogP contribution >= 0.6 is 11.8 Å². The lowest BCUT2D eigenvalue weighted by Crippen LogP contribution is -2.24. The molecule has 36 heavy (non-hydrogen) atoms. The summed E-state index contributed by atoms with van der Waals surface area (Å²) in [7, 11) is 0. The Hall–Kier alpha value is -4.12. The van der Waals surface area contributed by atoms with Gasteiger partial charge in [0, 0.05) is 11.3 Å². The maximum atomic E-state index is 13.2. The molecule has 184 valence electrons. The molecule has 7 nitrogen and oxygen atoms in total. The van der Waals surface area contributed by atoms with Crippen molar-refractivity contribution in [2.24, 2.45) is 0 Å². The third kappa shape index (κ3) is 6.11. The summed E-state index contributed by atoms with van der Waals surface area (Å²) in [5, 5.41) is 13.8. The molecule has 0 atom stereocenters. The Balaban J connectivity index is 1.49. The van der Waals surface area contributed by atoms with Crippen LogP contribution in [0.1, 0.15) is 21.7 Å². The summed E-state index contributed by atoms with van der Waals surface area (Å²) in [6.07, 6.45) is -4.59. The molecule has 0 aliphatic rings. The minimum atomic E-state index is -4.59. The highest BCUT2D eigenvalue weighted by atomic mass is 32.2. The molecule has 2 N–H and O–H groups in total. The minimum absolute atomic E-state index is 0.0708. The fourth-order valence-electron chi connectivity index (χ4n) is 3.35. The molecule has 1 heterocycles. The second kappa shape index (κ2) is 11.1. The van der Waals surface area contributed by atoms with Crippen molar-refractivity contribution in [3.63, 3.8) is 0 Å². The highest BCUT2D eigenvalue weighted by Crippen LogP contribution is 2.34. The van der Waals surface area contributed by atoms with E-state index >= 15 is 0 Å². The van der Waals surface area contributed by atoms with E-state index in [1.807, 2.05) is 36.4 Å². The number of halogens is 3. The van der Waals surface area contributed by atoms with E-state index < -0.39 is 17.6 Å². The van der Waals surface area contributed by atoms with Crippen molar-refractivity contribution in [2.75, 3.05) is 11.1 Å². The highest BCUT2D eigenvalue weighted by Gasteiger charge is 2.33. The van der Waals surface area contributed by atoms with E-state index in [0.717, 1.165) is 17.8 Å². The van der Waals surface area contributed by atoms with E-state index in [0.29, 0.717) is 22.2 Å². The number of nitrogens with zero attached hydrogens (tertiary/aromatic N) is 3. The molecule has 0 radical (unpaired) electrons. The Morgan fingerprint density at radius 2 is 1.50 bits per heavy atom. The molecule has 3 aromatic carbocycles. The van der Waals surface area contributed by atoms with Gasteiger partial charge in [0.05, 0.1) is 23.5 Å². The first kappa shape index (κ1) is 25.0. The van der Waals surface area contributed by atoms with Gasteiger partial charge in [0.2, 0.25) is 5.91 Å². The molecule has 0 aliphatic heterocycles. The topological polar surface area (TPSA) is 88.9 Å². The molecule has 2 amide bonds. The Labute approximate surface area is 208 Å². The van der Waals surface area contributed by atoms with Crippen LogP contribution in [0.3, 0.4) is 0 Å². The number of para-hydroxylation sites is 2. The molecule has 0 unspecified atom stereocenters. The minimum Gasteiger partial charge on any atom is -0.345 e. The number of benzene rings is 3. The third-order valence-electron chi connectivity index (χ3n) is 5.00. The second-order valence-corrected chi connectivity index (χ2v) is 8.44. The average Bonchev–Trinajstić information content (AvgIpc) is 3.29. The van der Waals surface area contributed by atoms with E-state index in [9.17, 15) is 22.8 Å². The van der Waals surface area contributed by atoms with Crippen LogP contribution in [0.4, 0.5) is 18.9 Å². The van der Waals surface area contributed by atoms with Gasteiger partial charge in [-0.3, -0.25) is 14.2 Å². The number of rotatable bonds is 8. The van der Waals surface area contributed by atoms with Gasteiger partial charge in [0.25, 0.3) is 5.91 Å². The fourth-order valence-corrected chi connectivity index (χ4v) is 4.12. The smallest absolute Gasteiger partial charge is 0.345 e. The summed E-state index contributed by atoms with van der Waals surface area (Å²) in [6, 6.07) is 22.6. The normalized spacial score (nSPS) is 11.2. The van der Waals surface area contributed by atoms with Crippen molar-refractivity contribution >= 4 is 29.3 Å². The van der Waals surface area contributed by atoms with Crippen LogP contribution < -0.4 is 10.6 Å². The molecule has 0 fully saturated rings. The van der Waals surface area contributed by atoms with Gasteiger partial charge >= 0.3 is 6.18 Å². The average molecular weight is 512 g/mol. The largest absolute Gasteiger partial charge is 0.418 e. The first-order valence-electron chi connectivity index (χ1n) is 10.7. The van der Waals surface area contributed by atoms with Crippen molar-refractivity contribution in [3.8, 4) is 5.69 Å². The number of carbonyl (C=O) groups is 2. The van der Waals surface area contributed by atoms with Crippen molar-refractivity contribution in [1.82, 2.24) is 20.1 Å². The zero-order valence-electron chi connectivity index (χ0n) is 18.7. The van der Waals surface area contributed by atoms with Gasteiger partial charge in [-0.1, -0.05) is 60.3 Å². The number of nitrogens with one attached hydrogen (secondary N) is 2. The molecule has 4 rings (SSSR count). The molecular weight excluding hydrogens is 491 g/mol. The number of thioether (sulfide) groups is 1. The Morgan fingerprint density at radius 3 is 2.19 bits per heavy atom. The standard InChI is InChI=1S/C25H20F3N5O2S/c26-25(27,28)19-13-7-8-14-20(19)30-22(34)16-36-24-32-31-21(33(24)18-11-5-2-6-12-18)15-29-23(35)17-9-3-1-4-10-17/h1-14H,15-16H2,(H,29,35)(H,30,34). The maximum absolute atomic E-state index is 13.2. The van der Waals surface area contributed by atoms with Gasteiger partial charge < -0.3 is 10.6 Å². The SMILES string of the molecule is O=C(CSc1nnc(CNC(=O)c2ccccc2)n1-c1ccccc1)Nc1ccccc1C(F)(F)F. The molecule has 0 aliphatic carbocycles. The van der Waals surface area contributed by atoms with Crippen LogP contribution in [0.25, 0.3) is 5.69 Å². The molecule has 4 aromatic rings. The maximum Gasteiger partial charge on any atom is 0.418 e. The van der Waals surface area contributed by atoms with Crippen LogP contribution in [0.5, 0.6) is 0 Å². The molecular formula is C25H20F3N5O2S. The Morgan fingerprint density at radius 1 is 0.861 bits per heavy atom. The number of carbonyl (C=O) groups excluding carboxylic acids is 2. The van der Waals surface area contributed by atoms with Gasteiger partial charge in [-0.2, -0.15) is 13.2 Å². The second-order valence-electron chi connectivity index (χ2n) is 7.50. The van der Waals surface area contributed by atoms with E-state index in [2.05, 4.69) is 20.8 Å². The van der Waals surface area contributed by atoms with Gasteiger partial charge in [-0.05, 0) is 36.4 Å². The zero-order valence-corrected chi connectivity index (χ0v) is 19.5. The lowest BCUT2D eigenvalue weighted by molar-refractivity contribution is -0.137. The zero-order chi connectivity index (χ0) is 25.5. The van der Waals surface area contributed by atoms with E-state index in [1.165, 1.54) is 18.2 Å². The number of hydrogen-bond donors (Lipinski definition) is 2. The van der Waals surface area contributed by atoms with Gasteiger partial charge in [0.1, 0.15) is 0 Å². The molecule has 0 spiro atoms. The van der Waals surface area contributed by atoms with E-state index in [1.54, 1.807) is 28.8 Å². The predicted octanol–water partition coefficient (Wildman–Crippen LogP) is 4.95. The van der Waals surface area contributed by atoms with Crippen LogP contribution in [0.2, 0.25) is 0 Å². The van der Waals surface area contributed by atoms with Crippen molar-refractivity contribution < 1.29 is 22.8 Å². The molecule has 0 saturated carbocycles. The monoisotopic (exact) mass is 511 g/mol. The van der Waals surface area contributed by atoms with Crippen molar-refractivity contribution in [1.29, 1.82) is 0 Å². The number of hydrogen-bond acceptors (Lipinski definition) is 5. The summed E-state index contributed by atoms with van der Waals surface area (Å²) in [4.78, 5) is 24.9. The molecule has 1 aromatic heterocycles. The summed E-state index contributed by atoms with van der Waals surface area (Å²) < 4.78 is 41.4. The van der Waals surface area contributed by atoms with Crippen molar-refractivity contribution in [2.45, 2.75) is 17.9 Å². The van der Waals surface area contributed by atoms with Gasteiger partial charge in [0.15, 0.2) is 11.0 Å². The fraction of sp³-hybridized carbons (Fsp3) is 0.120. The first-order chi connectivity index (χ1) is 17.3. The predicted molar refractivity (Wildman–Crippen MR) is 130 cm³/mol. The lowest BCUT2D eigenvalue weighted by Gasteiger charge is -2.13. The van der Waals surface area contributed by atoms with Crippen LogP contribution in [0, 0.1) is 0 Å². The van der Waals surface area contributed by atoms with Gasteiger partial charge in [-0.15, -0.1) is 10.2 Å². The van der Waals surface area contributed by atoms with E-state index in [4.69, 9.17) is 0 Å². The van der Waals surface area contributed by atoms with Crippen LogP contribution in [-0.4, -0.2) is 32.3 Å². The molecule has 0 bridgehead atoms. The van der Waals surface area contributed by atoms with E-state index in [-0.39, 0.29) is 23.9 Å². The van der Waals surface area contributed by atoms with Crippen molar-refractivity contribution in [3.05, 3.63) is 102 Å². The Kier molecular flexibility index (Phi) is 7.69. The first-order valence-corrected chi connectivity index (χ1v) is 11.7. The third-order valence-corrected chi connectivity index (χ3v) is 5.93. The summed E-state index contributed by atoms with van der Waals surface area (Å²) in [5.74, 6) is -0.683. The number of anilines is 1. The summed E-state index contributed by atoms with van der Waals surface area (Å²) in [6.45, 7) is 0.0708. The van der Waals surface area contributed by atoms with Crippen LogP contribution in [-0.2, 0) is 17.5 Å². The highest BCUT2D eigenvalue weighted by molar-refractivity contribution is 7.99. The van der Waals surface area contributed by atoms with Crippen LogP contribution in [0.15, 0.2) is 90.1 Å². The number of alkyl halides is 3. The molecule has 11 heteroatoms. The molecule has 0 saturated heterocycles. The lowest BCUT2D eigenvalue weighted by atomic mass is 10.1. The quantitative estimate of drug-likeness (QED) is 0.327. The Bertz CT molecular complexity index is 1340. The number of aromatic nitrogens is 3. The summed E-state index contributed by atoms with van der Waals surface area (Å²) >= 11 is 1.02.